The van der Waals surface area contributed by atoms with E-state index in [1.807, 2.05) is 18.2 Å². The van der Waals surface area contributed by atoms with E-state index in [0.29, 0.717) is 17.0 Å². The average Bonchev–Trinajstić information content (AvgIpc) is 2.41. The van der Waals surface area contributed by atoms with Gasteiger partial charge in [-0.15, -0.1) is 12.4 Å². The van der Waals surface area contributed by atoms with Crippen molar-refractivity contribution >= 4 is 29.8 Å². The van der Waals surface area contributed by atoms with Gasteiger partial charge in [-0.1, -0.05) is 29.8 Å². The molecule has 0 radical (unpaired) electrons. The van der Waals surface area contributed by atoms with Crippen LogP contribution in [0.2, 0.25) is 5.02 Å². The molecule has 106 valence electrons. The van der Waals surface area contributed by atoms with Gasteiger partial charge in [-0.05, 0) is 24.1 Å². The lowest BCUT2D eigenvalue weighted by molar-refractivity contribution is 0.0960. The number of carbonyl (C=O) groups excluding carboxylic acids is 1. The largest absolute Gasteiger partial charge is 0.328 e. The fourth-order valence-electron chi connectivity index (χ4n) is 1.77. The molecule has 0 saturated carbocycles. The molecule has 0 unspecified atom stereocenters. The van der Waals surface area contributed by atoms with Crippen LogP contribution in [0.15, 0.2) is 47.4 Å². The Kier molecular flexibility index (Phi) is 5.95. The number of halogens is 2. The molecule has 0 fully saturated rings. The van der Waals surface area contributed by atoms with E-state index in [1.165, 1.54) is 18.3 Å². The second kappa shape index (κ2) is 7.24. The number of Topliss-reactive ketones (excluding diaryl/α,β-unsaturated/α-hetero) is 1. The first-order valence-electron chi connectivity index (χ1n) is 5.80. The molecule has 0 aliphatic carbocycles. The number of H-pyrrole nitrogens is 1. The van der Waals surface area contributed by atoms with Crippen LogP contribution in [0.5, 0.6) is 0 Å². The zero-order chi connectivity index (χ0) is 13.8. The first kappa shape index (κ1) is 16.4. The van der Waals surface area contributed by atoms with Crippen molar-refractivity contribution in [1.29, 1.82) is 0 Å². The minimum atomic E-state index is -0.689. The highest BCUT2D eigenvalue weighted by Crippen LogP contribution is 2.17. The summed E-state index contributed by atoms with van der Waals surface area (Å²) in [6.07, 6.45) is 1.73. The first-order valence-corrected chi connectivity index (χ1v) is 6.17. The van der Waals surface area contributed by atoms with E-state index >= 15 is 0 Å². The number of hydrogen-bond donors (Lipinski definition) is 2. The van der Waals surface area contributed by atoms with Crippen molar-refractivity contribution in [2.45, 2.75) is 12.5 Å². The van der Waals surface area contributed by atoms with Crippen molar-refractivity contribution in [2.75, 3.05) is 0 Å². The summed E-state index contributed by atoms with van der Waals surface area (Å²) < 4.78 is 0. The van der Waals surface area contributed by atoms with Gasteiger partial charge in [0, 0.05) is 22.8 Å². The maximum atomic E-state index is 12.1. The number of nitrogens with one attached hydrogen (secondary N) is 1. The van der Waals surface area contributed by atoms with E-state index in [9.17, 15) is 9.59 Å². The number of pyridine rings is 1. The highest BCUT2D eigenvalue weighted by Gasteiger charge is 2.17. The number of hydrogen-bond acceptors (Lipinski definition) is 3. The SMILES string of the molecule is Cl.N[C@@H](Cc1ccccc1Cl)C(=O)c1ccc(=O)[nH]c1. The fourth-order valence-corrected chi connectivity index (χ4v) is 1.98. The van der Waals surface area contributed by atoms with Crippen LogP contribution in [-0.4, -0.2) is 16.8 Å². The van der Waals surface area contributed by atoms with Gasteiger partial charge in [-0.3, -0.25) is 9.59 Å². The second-order valence-corrected chi connectivity index (χ2v) is 4.62. The standard InChI is InChI=1S/C14H13ClN2O2.ClH/c15-11-4-2-1-3-9(11)7-12(16)14(19)10-5-6-13(18)17-8-10;/h1-6,8,12H,7,16H2,(H,17,18);1H/t12-;/m0./s1. The van der Waals surface area contributed by atoms with Crippen LogP contribution < -0.4 is 11.3 Å². The monoisotopic (exact) mass is 312 g/mol. The third kappa shape index (κ3) is 3.93. The number of aromatic amines is 1. The van der Waals surface area contributed by atoms with Crippen molar-refractivity contribution in [3.05, 3.63) is 69.1 Å². The van der Waals surface area contributed by atoms with Gasteiger partial charge < -0.3 is 10.7 Å². The van der Waals surface area contributed by atoms with Gasteiger partial charge in [0.05, 0.1) is 6.04 Å². The van der Waals surface area contributed by atoms with Crippen LogP contribution >= 0.6 is 24.0 Å². The third-order valence-electron chi connectivity index (χ3n) is 2.80. The molecule has 6 heteroatoms. The molecule has 0 amide bonds. The van der Waals surface area contributed by atoms with Gasteiger partial charge in [0.25, 0.3) is 0 Å². The van der Waals surface area contributed by atoms with Crippen molar-refractivity contribution in [2.24, 2.45) is 5.73 Å². The number of nitrogens with two attached hydrogens (primary N) is 1. The van der Waals surface area contributed by atoms with Crippen LogP contribution in [0.1, 0.15) is 15.9 Å². The number of aromatic nitrogens is 1. The minimum absolute atomic E-state index is 0. The highest BCUT2D eigenvalue weighted by molar-refractivity contribution is 6.31. The lowest BCUT2D eigenvalue weighted by Gasteiger charge is -2.11. The molecular formula is C14H14Cl2N2O2. The molecule has 0 saturated heterocycles. The van der Waals surface area contributed by atoms with Crippen molar-refractivity contribution in [3.8, 4) is 0 Å². The third-order valence-corrected chi connectivity index (χ3v) is 3.17. The van der Waals surface area contributed by atoms with Crippen molar-refractivity contribution < 1.29 is 4.79 Å². The Morgan fingerprint density at radius 1 is 1.25 bits per heavy atom. The van der Waals surface area contributed by atoms with Gasteiger partial charge >= 0.3 is 0 Å². The molecule has 0 bridgehead atoms. The molecule has 4 nitrogen and oxygen atoms in total. The van der Waals surface area contributed by atoms with E-state index in [-0.39, 0.29) is 23.7 Å². The smallest absolute Gasteiger partial charge is 0.247 e. The van der Waals surface area contributed by atoms with Crippen LogP contribution in [0.4, 0.5) is 0 Å². The molecule has 0 spiro atoms. The summed E-state index contributed by atoms with van der Waals surface area (Å²) in [5.41, 5.74) is 6.85. The van der Waals surface area contributed by atoms with E-state index in [0.717, 1.165) is 5.56 Å². The zero-order valence-corrected chi connectivity index (χ0v) is 12.1. The first-order chi connectivity index (χ1) is 9.08. The van der Waals surface area contributed by atoms with Gasteiger partial charge in [0.2, 0.25) is 5.56 Å². The average molecular weight is 313 g/mol. The number of rotatable bonds is 4. The summed E-state index contributed by atoms with van der Waals surface area (Å²) in [6.45, 7) is 0. The van der Waals surface area contributed by atoms with Crippen molar-refractivity contribution in [3.63, 3.8) is 0 Å². The molecular weight excluding hydrogens is 299 g/mol. The summed E-state index contributed by atoms with van der Waals surface area (Å²) in [6, 6.07) is 9.34. The fraction of sp³-hybridized carbons (Fsp3) is 0.143. The quantitative estimate of drug-likeness (QED) is 0.850. The lowest BCUT2D eigenvalue weighted by Crippen LogP contribution is -2.33. The molecule has 1 atom stereocenters. The lowest BCUT2D eigenvalue weighted by atomic mass is 9.99. The maximum absolute atomic E-state index is 12.1. The summed E-state index contributed by atoms with van der Waals surface area (Å²) in [5.74, 6) is -0.226. The minimum Gasteiger partial charge on any atom is -0.328 e. The summed E-state index contributed by atoms with van der Waals surface area (Å²) >= 11 is 6.03. The van der Waals surface area contributed by atoms with E-state index in [4.69, 9.17) is 17.3 Å². The van der Waals surface area contributed by atoms with E-state index in [2.05, 4.69) is 4.98 Å². The molecule has 20 heavy (non-hydrogen) atoms. The molecule has 3 N–H and O–H groups in total. The summed E-state index contributed by atoms with van der Waals surface area (Å²) in [5, 5.41) is 0.590. The summed E-state index contributed by atoms with van der Waals surface area (Å²) in [4.78, 5) is 25.5. The van der Waals surface area contributed by atoms with Crippen LogP contribution in [0, 0.1) is 0 Å². The normalized spacial score (nSPS) is 11.5. The van der Waals surface area contributed by atoms with Gasteiger partial charge in [0.1, 0.15) is 0 Å². The molecule has 0 aliphatic heterocycles. The predicted molar refractivity (Wildman–Crippen MR) is 81.8 cm³/mol. The number of ketones is 1. The Morgan fingerprint density at radius 2 is 1.95 bits per heavy atom. The Labute approximate surface area is 127 Å². The Hall–Kier alpha value is -1.62. The van der Waals surface area contributed by atoms with Crippen LogP contribution in [0.25, 0.3) is 0 Å². The predicted octanol–water partition coefficient (Wildman–Crippen LogP) is 2.20. The maximum Gasteiger partial charge on any atom is 0.247 e. The van der Waals surface area contributed by atoms with Gasteiger partial charge in [-0.2, -0.15) is 0 Å². The Bertz CT molecular complexity index is 635. The molecule has 1 aromatic carbocycles. The second-order valence-electron chi connectivity index (χ2n) is 4.21. The Balaban J connectivity index is 0.00000200. The topological polar surface area (TPSA) is 76.0 Å². The summed E-state index contributed by atoms with van der Waals surface area (Å²) in [7, 11) is 0. The molecule has 1 heterocycles. The molecule has 2 aromatic rings. The van der Waals surface area contributed by atoms with Crippen LogP contribution in [0.3, 0.4) is 0 Å². The van der Waals surface area contributed by atoms with Gasteiger partial charge in [0.15, 0.2) is 5.78 Å². The molecule has 2 rings (SSSR count). The van der Waals surface area contributed by atoms with E-state index in [1.54, 1.807) is 6.07 Å². The number of benzene rings is 1. The molecule has 1 aromatic heterocycles. The van der Waals surface area contributed by atoms with Gasteiger partial charge in [-0.25, -0.2) is 0 Å². The van der Waals surface area contributed by atoms with Crippen molar-refractivity contribution in [1.82, 2.24) is 4.98 Å². The Morgan fingerprint density at radius 3 is 2.55 bits per heavy atom. The zero-order valence-electron chi connectivity index (χ0n) is 10.5. The molecule has 0 aliphatic rings. The van der Waals surface area contributed by atoms with Crippen LogP contribution in [-0.2, 0) is 6.42 Å². The van der Waals surface area contributed by atoms with E-state index < -0.39 is 6.04 Å². The highest BCUT2D eigenvalue weighted by atomic mass is 35.5. The number of carbonyl (C=O) groups is 1.